The van der Waals surface area contributed by atoms with Crippen molar-refractivity contribution in [3.63, 3.8) is 0 Å². The normalized spacial score (nSPS) is 9.44. The highest BCUT2D eigenvalue weighted by Crippen LogP contribution is 2.25. The minimum atomic E-state index is -0.156. The number of aromatic hydroxyl groups is 2. The number of phenolic OH excluding ortho intramolecular Hbond substituents is 2. The molecule has 0 atom stereocenters. The summed E-state index contributed by atoms with van der Waals surface area (Å²) < 4.78 is 0. The standard InChI is InChI=1S/C6H4ClO2/c7-5-2-1-4(8)3-6(5)9/h1,3,8-9H. The molecule has 0 saturated heterocycles. The smallest absolute Gasteiger partial charge is 0.138 e. The van der Waals surface area contributed by atoms with Crippen LogP contribution in [0.3, 0.4) is 0 Å². The Balaban J connectivity index is 3.17. The maximum Gasteiger partial charge on any atom is 0.138 e. The molecule has 0 unspecified atom stereocenters. The summed E-state index contributed by atoms with van der Waals surface area (Å²) in [6.07, 6.45) is 0. The Bertz CT molecular complexity index is 222. The number of benzene rings is 1. The number of hydrogen-bond donors (Lipinski definition) is 2. The molecule has 0 aliphatic rings. The molecule has 2 nitrogen and oxygen atoms in total. The minimum absolute atomic E-state index is 0.0445. The van der Waals surface area contributed by atoms with Crippen molar-refractivity contribution >= 4 is 11.6 Å². The lowest BCUT2D eigenvalue weighted by Crippen LogP contribution is -1.67. The first kappa shape index (κ1) is 6.23. The molecule has 0 bridgehead atoms. The molecule has 0 aliphatic carbocycles. The molecule has 3 heteroatoms. The maximum absolute atomic E-state index is 8.78. The molecule has 1 aromatic rings. The van der Waals surface area contributed by atoms with Crippen LogP contribution in [0.25, 0.3) is 0 Å². The quantitative estimate of drug-likeness (QED) is 0.579. The first-order valence-electron chi connectivity index (χ1n) is 2.29. The number of rotatable bonds is 0. The van der Waals surface area contributed by atoms with Crippen LogP contribution in [-0.2, 0) is 0 Å². The Hall–Kier alpha value is -0.890. The molecule has 1 radical (unpaired) electrons. The van der Waals surface area contributed by atoms with Crippen molar-refractivity contribution in [2.24, 2.45) is 0 Å². The van der Waals surface area contributed by atoms with Crippen LogP contribution in [-0.4, -0.2) is 10.2 Å². The van der Waals surface area contributed by atoms with E-state index in [2.05, 4.69) is 6.07 Å². The Morgan fingerprint density at radius 2 is 2.11 bits per heavy atom. The Kier molecular flexibility index (Phi) is 1.49. The van der Waals surface area contributed by atoms with E-state index in [4.69, 9.17) is 21.8 Å². The fraction of sp³-hybridized carbons (Fsp3) is 0. The van der Waals surface area contributed by atoms with Gasteiger partial charge in [-0.1, -0.05) is 11.6 Å². The predicted octanol–water partition coefficient (Wildman–Crippen LogP) is 1.55. The molecule has 0 aromatic heterocycles. The van der Waals surface area contributed by atoms with Gasteiger partial charge in [0.15, 0.2) is 0 Å². The molecule has 9 heavy (non-hydrogen) atoms. The van der Waals surface area contributed by atoms with Gasteiger partial charge in [-0.25, -0.2) is 0 Å². The van der Waals surface area contributed by atoms with Crippen LogP contribution in [0.1, 0.15) is 0 Å². The molecule has 0 spiro atoms. The van der Waals surface area contributed by atoms with Crippen LogP contribution in [0.15, 0.2) is 12.1 Å². The van der Waals surface area contributed by atoms with Gasteiger partial charge < -0.3 is 10.2 Å². The lowest BCUT2D eigenvalue weighted by molar-refractivity contribution is 0.450. The molecule has 0 heterocycles. The van der Waals surface area contributed by atoms with Crippen LogP contribution in [0, 0.1) is 6.07 Å². The van der Waals surface area contributed by atoms with E-state index in [1.165, 1.54) is 6.07 Å². The molecular weight excluding hydrogens is 140 g/mol. The van der Waals surface area contributed by atoms with Gasteiger partial charge in [0, 0.05) is 12.1 Å². The van der Waals surface area contributed by atoms with Crippen molar-refractivity contribution in [3.8, 4) is 11.5 Å². The first-order valence-corrected chi connectivity index (χ1v) is 2.67. The van der Waals surface area contributed by atoms with Crippen molar-refractivity contribution in [2.45, 2.75) is 0 Å². The summed E-state index contributed by atoms with van der Waals surface area (Å²) in [5.74, 6) is -0.200. The predicted molar refractivity (Wildman–Crippen MR) is 33.6 cm³/mol. The molecule has 1 aromatic carbocycles. The van der Waals surface area contributed by atoms with Crippen LogP contribution < -0.4 is 0 Å². The second-order valence-electron chi connectivity index (χ2n) is 1.56. The second kappa shape index (κ2) is 2.15. The van der Waals surface area contributed by atoms with Gasteiger partial charge in [-0.3, -0.25) is 0 Å². The van der Waals surface area contributed by atoms with Gasteiger partial charge in [0.1, 0.15) is 11.5 Å². The molecule has 2 N–H and O–H groups in total. The van der Waals surface area contributed by atoms with Gasteiger partial charge in [0.2, 0.25) is 0 Å². The van der Waals surface area contributed by atoms with Gasteiger partial charge in [-0.2, -0.15) is 0 Å². The zero-order chi connectivity index (χ0) is 6.85. The van der Waals surface area contributed by atoms with E-state index in [0.29, 0.717) is 0 Å². The van der Waals surface area contributed by atoms with Gasteiger partial charge in [-0.15, -0.1) is 0 Å². The molecule has 1 rings (SSSR count). The average molecular weight is 144 g/mol. The Labute approximate surface area is 57.3 Å². The third-order valence-corrected chi connectivity index (χ3v) is 1.16. The van der Waals surface area contributed by atoms with Crippen LogP contribution in [0.4, 0.5) is 0 Å². The summed E-state index contributed by atoms with van der Waals surface area (Å²) in [7, 11) is 0. The van der Waals surface area contributed by atoms with E-state index in [1.807, 2.05) is 0 Å². The zero-order valence-electron chi connectivity index (χ0n) is 4.43. The number of phenols is 2. The first-order chi connectivity index (χ1) is 4.20. The van der Waals surface area contributed by atoms with E-state index in [1.54, 1.807) is 0 Å². The number of hydrogen-bond acceptors (Lipinski definition) is 2. The van der Waals surface area contributed by atoms with Crippen LogP contribution >= 0.6 is 11.6 Å². The van der Waals surface area contributed by atoms with Gasteiger partial charge >= 0.3 is 0 Å². The van der Waals surface area contributed by atoms with E-state index in [-0.39, 0.29) is 16.5 Å². The summed E-state index contributed by atoms with van der Waals surface area (Å²) >= 11 is 5.36. The van der Waals surface area contributed by atoms with E-state index in [9.17, 15) is 0 Å². The summed E-state index contributed by atoms with van der Waals surface area (Å²) in [5, 5.41) is 17.6. The van der Waals surface area contributed by atoms with Gasteiger partial charge in [0.25, 0.3) is 0 Å². The third-order valence-electron chi connectivity index (χ3n) is 0.856. The summed E-state index contributed by atoms with van der Waals surface area (Å²) in [6, 6.07) is 4.86. The summed E-state index contributed by atoms with van der Waals surface area (Å²) in [6.45, 7) is 0. The van der Waals surface area contributed by atoms with Crippen LogP contribution in [0.2, 0.25) is 5.02 Å². The van der Waals surface area contributed by atoms with E-state index < -0.39 is 0 Å². The van der Waals surface area contributed by atoms with Crippen molar-refractivity contribution in [3.05, 3.63) is 23.2 Å². The zero-order valence-corrected chi connectivity index (χ0v) is 5.18. The molecular formula is C6H4ClO2. The highest BCUT2D eigenvalue weighted by atomic mass is 35.5. The molecule has 47 valence electrons. The largest absolute Gasteiger partial charge is 0.508 e. The van der Waals surface area contributed by atoms with Crippen molar-refractivity contribution in [1.82, 2.24) is 0 Å². The van der Waals surface area contributed by atoms with E-state index >= 15 is 0 Å². The monoisotopic (exact) mass is 143 g/mol. The number of halogens is 1. The third kappa shape index (κ3) is 1.27. The van der Waals surface area contributed by atoms with E-state index in [0.717, 1.165) is 6.07 Å². The fourth-order valence-electron chi connectivity index (χ4n) is 0.456. The van der Waals surface area contributed by atoms with Crippen molar-refractivity contribution < 1.29 is 10.2 Å². The molecule has 0 amide bonds. The second-order valence-corrected chi connectivity index (χ2v) is 1.94. The summed E-state index contributed by atoms with van der Waals surface area (Å²) in [5.41, 5.74) is 0. The lowest BCUT2D eigenvalue weighted by atomic mass is 10.3. The molecule has 0 aliphatic heterocycles. The van der Waals surface area contributed by atoms with Crippen molar-refractivity contribution in [1.29, 1.82) is 0 Å². The SMILES string of the molecule is Oc1c[c]c(Cl)c(O)c1. The molecule has 0 fully saturated rings. The van der Waals surface area contributed by atoms with Crippen molar-refractivity contribution in [2.75, 3.05) is 0 Å². The van der Waals surface area contributed by atoms with Gasteiger partial charge in [0.05, 0.1) is 5.02 Å². The Morgan fingerprint density at radius 1 is 1.44 bits per heavy atom. The average Bonchev–Trinajstić information content (AvgIpc) is 1.80. The topological polar surface area (TPSA) is 40.5 Å². The molecule has 0 saturated carbocycles. The summed E-state index contributed by atoms with van der Waals surface area (Å²) in [4.78, 5) is 0. The van der Waals surface area contributed by atoms with Gasteiger partial charge in [-0.05, 0) is 6.07 Å². The highest BCUT2D eigenvalue weighted by Gasteiger charge is 1.96. The fourth-order valence-corrected chi connectivity index (χ4v) is 0.565. The minimum Gasteiger partial charge on any atom is -0.508 e. The highest BCUT2D eigenvalue weighted by molar-refractivity contribution is 6.31. The Morgan fingerprint density at radius 3 is 2.56 bits per heavy atom. The lowest BCUT2D eigenvalue weighted by Gasteiger charge is -1.93. The maximum atomic E-state index is 8.78. The van der Waals surface area contributed by atoms with Crippen LogP contribution in [0.5, 0.6) is 11.5 Å².